The fourth-order valence-electron chi connectivity index (χ4n) is 3.59. The van der Waals surface area contributed by atoms with E-state index in [-0.39, 0.29) is 16.5 Å². The van der Waals surface area contributed by atoms with Crippen molar-refractivity contribution in [1.82, 2.24) is 14.8 Å². The first-order valence-electron chi connectivity index (χ1n) is 11.3. The summed E-state index contributed by atoms with van der Waals surface area (Å²) in [6.07, 6.45) is -5.24. The SMILES string of the molecule is COc1ccccc1OC(C)c1nnc(SCC(=O)Nc2ccc(Cl)cc2C(F)(F)F)n1-c1ccccc1. The van der Waals surface area contributed by atoms with E-state index in [0.717, 1.165) is 29.6 Å². The topological polar surface area (TPSA) is 78.3 Å². The molecule has 1 atom stereocenters. The predicted octanol–water partition coefficient (Wildman–Crippen LogP) is 6.82. The van der Waals surface area contributed by atoms with Gasteiger partial charge in [-0.15, -0.1) is 10.2 Å². The van der Waals surface area contributed by atoms with E-state index < -0.39 is 23.8 Å². The zero-order valence-corrected chi connectivity index (χ0v) is 21.8. The number of hydrogen-bond donors (Lipinski definition) is 1. The Morgan fingerprint density at radius 2 is 1.74 bits per heavy atom. The molecule has 0 bridgehead atoms. The van der Waals surface area contributed by atoms with E-state index >= 15 is 0 Å². The Hall–Kier alpha value is -3.70. The van der Waals surface area contributed by atoms with Crippen LogP contribution >= 0.6 is 23.4 Å². The van der Waals surface area contributed by atoms with E-state index in [1.807, 2.05) is 42.5 Å². The van der Waals surface area contributed by atoms with Crippen molar-refractivity contribution < 1.29 is 27.4 Å². The number of carbonyl (C=O) groups excluding carboxylic acids is 1. The molecular formula is C26H22ClF3N4O3S. The van der Waals surface area contributed by atoms with Gasteiger partial charge in [0.1, 0.15) is 0 Å². The third kappa shape index (κ3) is 6.40. The highest BCUT2D eigenvalue weighted by molar-refractivity contribution is 7.99. The molecule has 0 aliphatic rings. The second kappa shape index (κ2) is 11.8. The molecule has 0 aliphatic carbocycles. The standard InChI is InChI=1S/C26H22ClF3N4O3S/c1-16(37-22-11-7-6-10-21(22)36-2)24-32-33-25(34(24)18-8-4-3-5-9-18)38-15-23(35)31-20-13-12-17(27)14-19(20)26(28,29)30/h3-14,16H,15H2,1-2H3,(H,31,35). The van der Waals surface area contributed by atoms with Crippen molar-refractivity contribution in [3.8, 4) is 17.2 Å². The van der Waals surface area contributed by atoms with Crippen LogP contribution in [0.2, 0.25) is 5.02 Å². The average molecular weight is 563 g/mol. The van der Waals surface area contributed by atoms with E-state index in [4.69, 9.17) is 21.1 Å². The van der Waals surface area contributed by atoms with Gasteiger partial charge in [0.15, 0.2) is 28.6 Å². The van der Waals surface area contributed by atoms with Crippen LogP contribution in [0.3, 0.4) is 0 Å². The quantitative estimate of drug-likeness (QED) is 0.226. The molecule has 4 rings (SSSR count). The molecule has 4 aromatic rings. The van der Waals surface area contributed by atoms with Crippen LogP contribution < -0.4 is 14.8 Å². The molecule has 1 N–H and O–H groups in total. The normalized spacial score (nSPS) is 12.2. The summed E-state index contributed by atoms with van der Waals surface area (Å²) < 4.78 is 53.4. The second-order valence-corrected chi connectivity index (χ2v) is 9.33. The number of nitrogens with one attached hydrogen (secondary N) is 1. The van der Waals surface area contributed by atoms with Crippen LogP contribution in [-0.2, 0) is 11.0 Å². The van der Waals surface area contributed by atoms with E-state index in [1.165, 1.54) is 6.07 Å². The fraction of sp³-hybridized carbons (Fsp3) is 0.192. The van der Waals surface area contributed by atoms with Crippen LogP contribution in [-0.4, -0.2) is 33.5 Å². The minimum absolute atomic E-state index is 0.0855. The van der Waals surface area contributed by atoms with E-state index in [1.54, 1.807) is 30.7 Å². The Kier molecular flexibility index (Phi) is 8.48. The Labute approximate surface area is 225 Å². The molecule has 7 nitrogen and oxygen atoms in total. The number of benzene rings is 3. The number of rotatable bonds is 9. The number of methoxy groups -OCH3 is 1. The van der Waals surface area contributed by atoms with Gasteiger partial charge in [0.05, 0.1) is 24.1 Å². The lowest BCUT2D eigenvalue weighted by Gasteiger charge is -2.18. The van der Waals surface area contributed by atoms with E-state index in [0.29, 0.717) is 22.5 Å². The van der Waals surface area contributed by atoms with Crippen LogP contribution in [0, 0.1) is 0 Å². The van der Waals surface area contributed by atoms with Crippen LogP contribution in [0.15, 0.2) is 78.0 Å². The summed E-state index contributed by atoms with van der Waals surface area (Å²) in [7, 11) is 1.54. The Balaban J connectivity index is 1.56. The number of aromatic nitrogens is 3. The maximum atomic E-state index is 13.4. The number of amides is 1. The summed E-state index contributed by atoms with van der Waals surface area (Å²) in [4.78, 5) is 12.6. The van der Waals surface area contributed by atoms with Crippen molar-refractivity contribution in [3.05, 3.63) is 89.2 Å². The summed E-state index contributed by atoms with van der Waals surface area (Å²) >= 11 is 6.75. The Morgan fingerprint density at radius 3 is 2.42 bits per heavy atom. The first kappa shape index (κ1) is 27.3. The molecule has 0 saturated carbocycles. The average Bonchev–Trinajstić information content (AvgIpc) is 3.33. The van der Waals surface area contributed by atoms with Gasteiger partial charge < -0.3 is 14.8 Å². The van der Waals surface area contributed by atoms with Crippen LogP contribution in [0.25, 0.3) is 5.69 Å². The summed E-state index contributed by atoms with van der Waals surface area (Å²) in [5.74, 6) is 0.665. The maximum Gasteiger partial charge on any atom is 0.418 e. The number of alkyl halides is 3. The highest BCUT2D eigenvalue weighted by Crippen LogP contribution is 2.37. The van der Waals surface area contributed by atoms with Crippen LogP contribution in [0.5, 0.6) is 11.5 Å². The van der Waals surface area contributed by atoms with Gasteiger partial charge in [-0.2, -0.15) is 13.2 Å². The number of anilines is 1. The van der Waals surface area contributed by atoms with E-state index in [9.17, 15) is 18.0 Å². The van der Waals surface area contributed by atoms with Gasteiger partial charge in [-0.05, 0) is 49.4 Å². The molecule has 1 aromatic heterocycles. The van der Waals surface area contributed by atoms with Crippen molar-refractivity contribution in [1.29, 1.82) is 0 Å². The first-order valence-corrected chi connectivity index (χ1v) is 12.6. The molecule has 1 amide bonds. The molecule has 12 heteroatoms. The number of nitrogens with zero attached hydrogens (tertiary/aromatic N) is 3. The molecule has 3 aromatic carbocycles. The third-order valence-corrected chi connectivity index (χ3v) is 6.47. The largest absolute Gasteiger partial charge is 0.493 e. The van der Waals surface area contributed by atoms with Gasteiger partial charge in [0.25, 0.3) is 0 Å². The third-order valence-electron chi connectivity index (χ3n) is 5.30. The van der Waals surface area contributed by atoms with Crippen LogP contribution in [0.4, 0.5) is 18.9 Å². The minimum Gasteiger partial charge on any atom is -0.493 e. The second-order valence-electron chi connectivity index (χ2n) is 7.95. The Morgan fingerprint density at radius 1 is 1.05 bits per heavy atom. The van der Waals surface area contributed by atoms with Crippen molar-refractivity contribution in [2.24, 2.45) is 0 Å². The fourth-order valence-corrected chi connectivity index (χ4v) is 4.52. The van der Waals surface area contributed by atoms with Crippen molar-refractivity contribution >= 4 is 35.0 Å². The summed E-state index contributed by atoms with van der Waals surface area (Å²) in [5.41, 5.74) is -0.681. The maximum absolute atomic E-state index is 13.4. The van der Waals surface area contributed by atoms with E-state index in [2.05, 4.69) is 15.5 Å². The molecule has 0 spiro atoms. The number of halogens is 4. The molecular weight excluding hydrogens is 541 g/mol. The zero-order valence-electron chi connectivity index (χ0n) is 20.2. The van der Waals surface area contributed by atoms with Crippen LogP contribution in [0.1, 0.15) is 24.4 Å². The number of hydrogen-bond acceptors (Lipinski definition) is 6. The first-order chi connectivity index (χ1) is 18.2. The zero-order chi connectivity index (χ0) is 27.3. The summed E-state index contributed by atoms with van der Waals surface area (Å²) in [5, 5.41) is 11.1. The summed E-state index contributed by atoms with van der Waals surface area (Å²) in [6, 6.07) is 19.6. The molecule has 198 valence electrons. The monoisotopic (exact) mass is 562 g/mol. The van der Waals surface area contributed by atoms with Gasteiger partial charge in [0, 0.05) is 10.7 Å². The molecule has 0 saturated heterocycles. The number of ether oxygens (including phenoxy) is 2. The summed E-state index contributed by atoms with van der Waals surface area (Å²) in [6.45, 7) is 1.80. The van der Waals surface area contributed by atoms with Crippen molar-refractivity contribution in [3.63, 3.8) is 0 Å². The Bertz CT molecular complexity index is 1420. The number of thioether (sulfide) groups is 1. The number of para-hydroxylation sites is 3. The van der Waals surface area contributed by atoms with Gasteiger partial charge in [0.2, 0.25) is 5.91 Å². The van der Waals surface area contributed by atoms with Crippen molar-refractivity contribution in [2.75, 3.05) is 18.2 Å². The molecule has 0 fully saturated rings. The van der Waals surface area contributed by atoms with Gasteiger partial charge in [-0.1, -0.05) is 53.7 Å². The smallest absolute Gasteiger partial charge is 0.418 e. The highest BCUT2D eigenvalue weighted by atomic mass is 35.5. The van der Waals surface area contributed by atoms with Gasteiger partial charge in [-0.25, -0.2) is 0 Å². The predicted molar refractivity (Wildman–Crippen MR) is 139 cm³/mol. The molecule has 0 aliphatic heterocycles. The van der Waals surface area contributed by atoms with Gasteiger partial charge >= 0.3 is 6.18 Å². The molecule has 1 unspecified atom stereocenters. The molecule has 0 radical (unpaired) electrons. The van der Waals surface area contributed by atoms with Crippen molar-refractivity contribution in [2.45, 2.75) is 24.4 Å². The highest BCUT2D eigenvalue weighted by Gasteiger charge is 2.34. The molecule has 1 heterocycles. The van der Waals surface area contributed by atoms with Gasteiger partial charge in [-0.3, -0.25) is 9.36 Å². The number of carbonyl (C=O) groups is 1. The minimum atomic E-state index is -4.68. The lowest BCUT2D eigenvalue weighted by Crippen LogP contribution is -2.18. The molecule has 38 heavy (non-hydrogen) atoms. The lowest BCUT2D eigenvalue weighted by molar-refractivity contribution is -0.137. The lowest BCUT2D eigenvalue weighted by atomic mass is 10.1.